The van der Waals surface area contributed by atoms with E-state index in [-0.39, 0.29) is 0 Å². The topological polar surface area (TPSA) is 29.0 Å². The van der Waals surface area contributed by atoms with E-state index >= 15 is 0 Å². The highest BCUT2D eigenvalue weighted by atomic mass is 15.3. The summed E-state index contributed by atoms with van der Waals surface area (Å²) < 4.78 is 0. The minimum absolute atomic E-state index is 0.506. The maximum atomic E-state index is 4.49. The Balaban J connectivity index is 2.04. The van der Waals surface area contributed by atoms with Crippen LogP contribution in [0.5, 0.6) is 0 Å². The van der Waals surface area contributed by atoms with Gasteiger partial charge >= 0.3 is 0 Å². The Bertz CT molecular complexity index is 356. The Morgan fingerprint density at radius 1 is 1.18 bits per heavy atom. The van der Waals surface area contributed by atoms with Gasteiger partial charge in [-0.05, 0) is 29.7 Å². The highest BCUT2D eigenvalue weighted by molar-refractivity contribution is 5.32. The van der Waals surface area contributed by atoms with Crippen LogP contribution in [-0.4, -0.2) is 23.1 Å². The Kier molecular flexibility index (Phi) is 3.65. The first kappa shape index (κ1) is 12.3. The van der Waals surface area contributed by atoms with Crippen LogP contribution in [0.3, 0.4) is 0 Å². The van der Waals surface area contributed by atoms with Gasteiger partial charge in [0.25, 0.3) is 0 Å². The van der Waals surface area contributed by atoms with Gasteiger partial charge < -0.3 is 4.90 Å². The second-order valence-corrected chi connectivity index (χ2v) is 5.71. The monoisotopic (exact) mass is 233 g/mol. The van der Waals surface area contributed by atoms with E-state index in [1.807, 2.05) is 12.4 Å². The summed E-state index contributed by atoms with van der Waals surface area (Å²) in [6.07, 6.45) is 5.21. The molecule has 2 heterocycles. The molecule has 17 heavy (non-hydrogen) atoms. The molecule has 0 N–H and O–H groups in total. The summed E-state index contributed by atoms with van der Waals surface area (Å²) in [5, 5.41) is 0. The van der Waals surface area contributed by atoms with Crippen molar-refractivity contribution < 1.29 is 0 Å². The zero-order valence-corrected chi connectivity index (χ0v) is 11.3. The summed E-state index contributed by atoms with van der Waals surface area (Å²) >= 11 is 0. The number of nitrogens with zero attached hydrogens (tertiary/aromatic N) is 3. The third kappa shape index (κ3) is 2.76. The lowest BCUT2D eigenvalue weighted by Gasteiger charge is -2.18. The molecule has 2 rings (SSSR count). The number of anilines is 1. The molecule has 0 aromatic carbocycles. The smallest absolute Gasteiger partial charge is 0.225 e. The van der Waals surface area contributed by atoms with E-state index < -0.39 is 0 Å². The molecule has 1 fully saturated rings. The summed E-state index contributed by atoms with van der Waals surface area (Å²) in [5.41, 5.74) is 1.22. The van der Waals surface area contributed by atoms with Gasteiger partial charge in [0.15, 0.2) is 0 Å². The van der Waals surface area contributed by atoms with Gasteiger partial charge in [-0.2, -0.15) is 0 Å². The van der Waals surface area contributed by atoms with E-state index in [0.717, 1.165) is 30.9 Å². The van der Waals surface area contributed by atoms with Crippen molar-refractivity contribution in [2.75, 3.05) is 18.0 Å². The molecule has 1 aromatic heterocycles. The molecule has 1 aliphatic rings. The SMILES string of the molecule is CC(C)c1cnc(N2CC[C@H](C(C)C)C2)nc1. The van der Waals surface area contributed by atoms with Crippen LogP contribution >= 0.6 is 0 Å². The number of hydrogen-bond acceptors (Lipinski definition) is 3. The number of aromatic nitrogens is 2. The van der Waals surface area contributed by atoms with Crippen LogP contribution in [0.15, 0.2) is 12.4 Å². The van der Waals surface area contributed by atoms with E-state index in [4.69, 9.17) is 0 Å². The maximum Gasteiger partial charge on any atom is 0.225 e. The fourth-order valence-corrected chi connectivity index (χ4v) is 2.31. The van der Waals surface area contributed by atoms with Crippen molar-refractivity contribution in [2.45, 2.75) is 40.0 Å². The Hall–Kier alpha value is -1.12. The molecule has 1 atom stereocenters. The lowest BCUT2D eigenvalue weighted by atomic mass is 9.95. The maximum absolute atomic E-state index is 4.49. The predicted molar refractivity (Wildman–Crippen MR) is 71.3 cm³/mol. The van der Waals surface area contributed by atoms with Crippen LogP contribution in [0, 0.1) is 11.8 Å². The van der Waals surface area contributed by atoms with Gasteiger partial charge in [0.2, 0.25) is 5.95 Å². The quantitative estimate of drug-likeness (QED) is 0.803. The third-order valence-electron chi connectivity index (χ3n) is 3.78. The Morgan fingerprint density at radius 3 is 2.29 bits per heavy atom. The second-order valence-electron chi connectivity index (χ2n) is 5.71. The fraction of sp³-hybridized carbons (Fsp3) is 0.714. The first-order valence-corrected chi connectivity index (χ1v) is 6.64. The molecule has 3 heteroatoms. The third-order valence-corrected chi connectivity index (χ3v) is 3.78. The lowest BCUT2D eigenvalue weighted by Crippen LogP contribution is -2.23. The molecule has 1 aromatic rings. The lowest BCUT2D eigenvalue weighted by molar-refractivity contribution is 0.422. The van der Waals surface area contributed by atoms with Crippen molar-refractivity contribution in [1.29, 1.82) is 0 Å². The molecule has 0 saturated carbocycles. The average Bonchev–Trinajstić information content (AvgIpc) is 2.78. The summed E-state index contributed by atoms with van der Waals surface area (Å²) in [6, 6.07) is 0. The molecule has 1 saturated heterocycles. The fourth-order valence-electron chi connectivity index (χ4n) is 2.31. The molecule has 0 spiro atoms. The van der Waals surface area contributed by atoms with Gasteiger partial charge in [0, 0.05) is 25.5 Å². The first-order chi connectivity index (χ1) is 8.08. The van der Waals surface area contributed by atoms with Crippen molar-refractivity contribution in [3.05, 3.63) is 18.0 Å². The highest BCUT2D eigenvalue weighted by Crippen LogP contribution is 2.26. The highest BCUT2D eigenvalue weighted by Gasteiger charge is 2.26. The molecule has 0 radical (unpaired) electrons. The average molecular weight is 233 g/mol. The van der Waals surface area contributed by atoms with Crippen LogP contribution in [0.25, 0.3) is 0 Å². The molecular weight excluding hydrogens is 210 g/mol. The van der Waals surface area contributed by atoms with E-state index in [1.165, 1.54) is 12.0 Å². The Labute approximate surface area is 104 Å². The van der Waals surface area contributed by atoms with Crippen LogP contribution in [0.2, 0.25) is 0 Å². The van der Waals surface area contributed by atoms with Crippen molar-refractivity contribution >= 4 is 5.95 Å². The van der Waals surface area contributed by atoms with E-state index in [0.29, 0.717) is 5.92 Å². The first-order valence-electron chi connectivity index (χ1n) is 6.64. The van der Waals surface area contributed by atoms with Gasteiger partial charge in [-0.1, -0.05) is 27.7 Å². The zero-order valence-electron chi connectivity index (χ0n) is 11.3. The van der Waals surface area contributed by atoms with E-state index in [2.05, 4.69) is 42.6 Å². The minimum Gasteiger partial charge on any atom is -0.341 e. The molecular formula is C14H23N3. The van der Waals surface area contributed by atoms with E-state index in [9.17, 15) is 0 Å². The zero-order chi connectivity index (χ0) is 12.4. The number of rotatable bonds is 3. The predicted octanol–water partition coefficient (Wildman–Crippen LogP) is 3.08. The van der Waals surface area contributed by atoms with E-state index in [1.54, 1.807) is 0 Å². The molecule has 0 bridgehead atoms. The summed E-state index contributed by atoms with van der Waals surface area (Å²) in [4.78, 5) is 11.3. The van der Waals surface area contributed by atoms with Crippen molar-refractivity contribution in [2.24, 2.45) is 11.8 Å². The Morgan fingerprint density at radius 2 is 1.82 bits per heavy atom. The van der Waals surface area contributed by atoms with Crippen LogP contribution in [0.1, 0.15) is 45.6 Å². The van der Waals surface area contributed by atoms with Crippen LogP contribution in [0.4, 0.5) is 5.95 Å². The van der Waals surface area contributed by atoms with Gasteiger partial charge in [-0.15, -0.1) is 0 Å². The molecule has 3 nitrogen and oxygen atoms in total. The van der Waals surface area contributed by atoms with Crippen LogP contribution in [-0.2, 0) is 0 Å². The number of hydrogen-bond donors (Lipinski definition) is 0. The van der Waals surface area contributed by atoms with Crippen LogP contribution < -0.4 is 4.90 Å². The molecule has 94 valence electrons. The summed E-state index contributed by atoms with van der Waals surface area (Å²) in [5.74, 6) is 2.96. The molecule has 0 unspecified atom stereocenters. The molecule has 0 amide bonds. The standard InChI is InChI=1S/C14H23N3/c1-10(2)12-5-6-17(9-12)14-15-7-13(8-16-14)11(3)4/h7-8,10-12H,5-6,9H2,1-4H3/t12-/m0/s1. The summed E-state index contributed by atoms with van der Waals surface area (Å²) in [6.45, 7) is 11.2. The van der Waals surface area contributed by atoms with Gasteiger partial charge in [-0.3, -0.25) is 0 Å². The normalized spacial score (nSPS) is 20.6. The van der Waals surface area contributed by atoms with Gasteiger partial charge in [0.1, 0.15) is 0 Å². The second kappa shape index (κ2) is 5.03. The minimum atomic E-state index is 0.506. The van der Waals surface area contributed by atoms with Crippen molar-refractivity contribution in [3.63, 3.8) is 0 Å². The molecule has 1 aliphatic heterocycles. The van der Waals surface area contributed by atoms with Crippen molar-refractivity contribution in [3.8, 4) is 0 Å². The van der Waals surface area contributed by atoms with Gasteiger partial charge in [-0.25, -0.2) is 9.97 Å². The van der Waals surface area contributed by atoms with Gasteiger partial charge in [0.05, 0.1) is 0 Å². The summed E-state index contributed by atoms with van der Waals surface area (Å²) in [7, 11) is 0. The molecule has 0 aliphatic carbocycles. The van der Waals surface area contributed by atoms with Crippen molar-refractivity contribution in [1.82, 2.24) is 9.97 Å². The largest absolute Gasteiger partial charge is 0.341 e.